The van der Waals surface area contributed by atoms with E-state index in [0.29, 0.717) is 6.41 Å². The highest BCUT2D eigenvalue weighted by atomic mass is 19.1. The Labute approximate surface area is 81.2 Å². The summed E-state index contributed by atoms with van der Waals surface area (Å²) in [7, 11) is 1.40. The molecule has 1 amide bonds. The van der Waals surface area contributed by atoms with Gasteiger partial charge in [-0.1, -0.05) is 6.07 Å². The minimum Gasteiger partial charge on any atom is -0.494 e. The Hall–Kier alpha value is -1.84. The quantitative estimate of drug-likeness (QED) is 0.740. The normalized spacial score (nSPS) is 10.1. The lowest BCUT2D eigenvalue weighted by atomic mass is 10.2. The van der Waals surface area contributed by atoms with Gasteiger partial charge in [-0.15, -0.1) is 0 Å². The molecule has 1 rings (SSSR count). The Kier molecular flexibility index (Phi) is 3.67. The number of halogens is 1. The van der Waals surface area contributed by atoms with Gasteiger partial charge < -0.3 is 10.1 Å². The summed E-state index contributed by atoms with van der Waals surface area (Å²) in [4.78, 5) is 9.93. The van der Waals surface area contributed by atoms with Crippen LogP contribution in [0, 0.1) is 5.82 Å². The van der Waals surface area contributed by atoms with Crippen molar-refractivity contribution >= 4 is 12.5 Å². The van der Waals surface area contributed by atoms with Gasteiger partial charge in [-0.25, -0.2) is 4.39 Å². The number of ether oxygens (including phenoxy) is 1. The average Bonchev–Trinajstić information content (AvgIpc) is 2.21. The van der Waals surface area contributed by atoms with Crippen LogP contribution < -0.4 is 10.1 Å². The number of methoxy groups -OCH3 is 1. The smallest absolute Gasteiger partial charge is 0.211 e. The number of nitrogens with one attached hydrogen (secondary N) is 1. The molecule has 0 aromatic heterocycles. The Morgan fingerprint density at radius 2 is 2.29 bits per heavy atom. The molecule has 0 bridgehead atoms. The fourth-order valence-electron chi connectivity index (χ4n) is 0.964. The molecule has 74 valence electrons. The van der Waals surface area contributed by atoms with Crippen LogP contribution in [0.4, 0.5) is 4.39 Å². The van der Waals surface area contributed by atoms with Crippen molar-refractivity contribution in [3.63, 3.8) is 0 Å². The van der Waals surface area contributed by atoms with Crippen LogP contribution in [0.25, 0.3) is 6.08 Å². The van der Waals surface area contributed by atoms with E-state index in [-0.39, 0.29) is 5.75 Å². The topological polar surface area (TPSA) is 38.3 Å². The van der Waals surface area contributed by atoms with Crippen LogP contribution >= 0.6 is 0 Å². The maximum Gasteiger partial charge on any atom is 0.211 e. The molecule has 0 aliphatic carbocycles. The lowest BCUT2D eigenvalue weighted by molar-refractivity contribution is -0.108. The van der Waals surface area contributed by atoms with Gasteiger partial charge >= 0.3 is 0 Å². The first-order chi connectivity index (χ1) is 6.77. The van der Waals surface area contributed by atoms with Crippen molar-refractivity contribution in [2.45, 2.75) is 0 Å². The van der Waals surface area contributed by atoms with Gasteiger partial charge in [0.05, 0.1) is 7.11 Å². The van der Waals surface area contributed by atoms with E-state index in [1.165, 1.54) is 25.4 Å². The molecule has 1 aromatic rings. The van der Waals surface area contributed by atoms with Crippen LogP contribution in [0.15, 0.2) is 24.4 Å². The fourth-order valence-corrected chi connectivity index (χ4v) is 0.964. The molecule has 0 fully saturated rings. The lowest BCUT2D eigenvalue weighted by Gasteiger charge is -2.01. The minimum atomic E-state index is -0.409. The van der Waals surface area contributed by atoms with Crippen molar-refractivity contribution in [3.05, 3.63) is 35.8 Å². The predicted octanol–water partition coefficient (Wildman–Crippen LogP) is 1.55. The van der Waals surface area contributed by atoms with E-state index in [1.54, 1.807) is 12.1 Å². The number of benzene rings is 1. The van der Waals surface area contributed by atoms with Crippen molar-refractivity contribution in [2.75, 3.05) is 7.11 Å². The Bertz CT molecular complexity index is 350. The summed E-state index contributed by atoms with van der Waals surface area (Å²) in [6, 6.07) is 4.43. The third-order valence-electron chi connectivity index (χ3n) is 1.62. The van der Waals surface area contributed by atoms with E-state index in [0.717, 1.165) is 5.56 Å². The summed E-state index contributed by atoms with van der Waals surface area (Å²) < 4.78 is 17.7. The molecular formula is C10H10FNO2. The van der Waals surface area contributed by atoms with E-state index in [4.69, 9.17) is 4.74 Å². The second-order valence-corrected chi connectivity index (χ2v) is 2.51. The zero-order valence-corrected chi connectivity index (χ0v) is 7.66. The van der Waals surface area contributed by atoms with Gasteiger partial charge in [0, 0.05) is 6.20 Å². The Balaban J connectivity index is 2.83. The summed E-state index contributed by atoms with van der Waals surface area (Å²) in [5, 5.41) is 2.35. The van der Waals surface area contributed by atoms with Gasteiger partial charge in [0.15, 0.2) is 11.6 Å². The maximum atomic E-state index is 12.9. The first kappa shape index (κ1) is 10.2. The summed E-state index contributed by atoms with van der Waals surface area (Å²) in [5.74, 6) is -0.230. The van der Waals surface area contributed by atoms with Gasteiger partial charge in [0.2, 0.25) is 6.41 Å². The van der Waals surface area contributed by atoms with Gasteiger partial charge in [0.25, 0.3) is 0 Å². The molecule has 3 nitrogen and oxygen atoms in total. The van der Waals surface area contributed by atoms with E-state index in [1.807, 2.05) is 0 Å². The molecule has 0 atom stereocenters. The maximum absolute atomic E-state index is 12.9. The highest BCUT2D eigenvalue weighted by molar-refractivity contribution is 5.56. The largest absolute Gasteiger partial charge is 0.494 e. The van der Waals surface area contributed by atoms with Crippen LogP contribution in [0.2, 0.25) is 0 Å². The second kappa shape index (κ2) is 5.01. The van der Waals surface area contributed by atoms with Gasteiger partial charge in [-0.3, -0.25) is 4.79 Å². The average molecular weight is 195 g/mol. The van der Waals surface area contributed by atoms with Crippen LogP contribution in [-0.2, 0) is 4.79 Å². The van der Waals surface area contributed by atoms with Crippen molar-refractivity contribution in [3.8, 4) is 5.75 Å². The minimum absolute atomic E-state index is 0.179. The van der Waals surface area contributed by atoms with Gasteiger partial charge in [0.1, 0.15) is 0 Å². The number of hydrogen-bond acceptors (Lipinski definition) is 2. The first-order valence-electron chi connectivity index (χ1n) is 3.97. The van der Waals surface area contributed by atoms with Crippen LogP contribution in [0.3, 0.4) is 0 Å². The predicted molar refractivity (Wildman–Crippen MR) is 51.2 cm³/mol. The van der Waals surface area contributed by atoms with E-state index in [9.17, 15) is 9.18 Å². The van der Waals surface area contributed by atoms with Crippen molar-refractivity contribution in [2.24, 2.45) is 0 Å². The van der Waals surface area contributed by atoms with Crippen molar-refractivity contribution in [1.82, 2.24) is 5.32 Å². The molecule has 0 heterocycles. The van der Waals surface area contributed by atoms with E-state index >= 15 is 0 Å². The summed E-state index contributed by atoms with van der Waals surface area (Å²) in [6.45, 7) is 0. The molecule has 0 aliphatic heterocycles. The van der Waals surface area contributed by atoms with Crippen LogP contribution in [-0.4, -0.2) is 13.5 Å². The molecule has 0 spiro atoms. The zero-order chi connectivity index (χ0) is 10.4. The monoisotopic (exact) mass is 195 g/mol. The molecule has 1 aromatic carbocycles. The fraction of sp³-hybridized carbons (Fsp3) is 0.100. The third kappa shape index (κ3) is 2.58. The van der Waals surface area contributed by atoms with Gasteiger partial charge in [-0.05, 0) is 23.8 Å². The summed E-state index contributed by atoms with van der Waals surface area (Å²) in [6.07, 6.45) is 3.65. The van der Waals surface area contributed by atoms with E-state index in [2.05, 4.69) is 5.32 Å². The zero-order valence-electron chi connectivity index (χ0n) is 7.66. The third-order valence-corrected chi connectivity index (χ3v) is 1.62. The number of carbonyl (C=O) groups is 1. The highest BCUT2D eigenvalue weighted by Crippen LogP contribution is 2.18. The molecule has 0 unspecified atom stereocenters. The number of amides is 1. The first-order valence-corrected chi connectivity index (χ1v) is 3.97. The van der Waals surface area contributed by atoms with Crippen LogP contribution in [0.5, 0.6) is 5.75 Å². The van der Waals surface area contributed by atoms with E-state index < -0.39 is 5.82 Å². The SMILES string of the molecule is COc1cc(C=CNC=O)ccc1F. The number of rotatable bonds is 4. The molecule has 4 heteroatoms. The second-order valence-electron chi connectivity index (χ2n) is 2.51. The number of hydrogen-bond donors (Lipinski definition) is 1. The molecule has 0 radical (unpaired) electrons. The lowest BCUT2D eigenvalue weighted by Crippen LogP contribution is -1.98. The molecule has 14 heavy (non-hydrogen) atoms. The van der Waals surface area contributed by atoms with Crippen LogP contribution in [0.1, 0.15) is 5.56 Å². The molecule has 1 N–H and O–H groups in total. The molecular weight excluding hydrogens is 185 g/mol. The number of carbonyl (C=O) groups excluding carboxylic acids is 1. The molecule has 0 aliphatic rings. The summed E-state index contributed by atoms with van der Waals surface area (Å²) in [5.41, 5.74) is 0.748. The summed E-state index contributed by atoms with van der Waals surface area (Å²) >= 11 is 0. The Morgan fingerprint density at radius 1 is 1.50 bits per heavy atom. The molecule has 0 saturated carbocycles. The Morgan fingerprint density at radius 3 is 2.93 bits per heavy atom. The molecule has 0 saturated heterocycles. The standard InChI is InChI=1S/C10H10FNO2/c1-14-10-6-8(2-3-9(10)11)4-5-12-7-13/h2-7H,1H3,(H,12,13). The van der Waals surface area contributed by atoms with Crippen molar-refractivity contribution < 1.29 is 13.9 Å². The van der Waals surface area contributed by atoms with Crippen molar-refractivity contribution in [1.29, 1.82) is 0 Å². The van der Waals surface area contributed by atoms with Gasteiger partial charge in [-0.2, -0.15) is 0 Å². The highest BCUT2D eigenvalue weighted by Gasteiger charge is 2.00.